The number of nitrogens with zero attached hydrogens (tertiary/aromatic N) is 1. The van der Waals surface area contributed by atoms with Crippen LogP contribution in [0.25, 0.3) is 0 Å². The van der Waals surface area contributed by atoms with E-state index in [1.807, 2.05) is 37.3 Å². The molecule has 0 aliphatic rings. The number of aliphatic imine (C=N–C) groups is 1. The summed E-state index contributed by atoms with van der Waals surface area (Å²) in [7, 11) is 0. The fraction of sp³-hybridized carbons (Fsp3) is 0.0769. The molecule has 2 aromatic rings. The van der Waals surface area contributed by atoms with Crippen LogP contribution >= 0.6 is 0 Å². The van der Waals surface area contributed by atoms with Crippen molar-refractivity contribution in [3.8, 4) is 0 Å². The van der Waals surface area contributed by atoms with Gasteiger partial charge in [-0.15, -0.1) is 0 Å². The van der Waals surface area contributed by atoms with Crippen LogP contribution in [0.1, 0.15) is 11.3 Å². The Balaban J connectivity index is 2.46. The lowest BCUT2D eigenvalue weighted by Gasteiger charge is -2.05. The third kappa shape index (κ3) is 2.64. The number of aromatic amines is 1. The van der Waals surface area contributed by atoms with Crippen molar-refractivity contribution in [2.45, 2.75) is 6.92 Å². The molecule has 0 bridgehead atoms. The number of benzene rings is 1. The molecule has 0 saturated heterocycles. The molecule has 18 heavy (non-hydrogen) atoms. The fourth-order valence-corrected chi connectivity index (χ4v) is 1.56. The summed E-state index contributed by atoms with van der Waals surface area (Å²) < 4.78 is 0. The number of hydrogen-bond donors (Lipinski definition) is 3. The Bertz CT molecular complexity index is 616. The molecule has 5 heteroatoms. The monoisotopic (exact) mass is 242 g/mol. The van der Waals surface area contributed by atoms with Crippen molar-refractivity contribution >= 4 is 11.5 Å². The van der Waals surface area contributed by atoms with Crippen LogP contribution in [0.3, 0.4) is 0 Å². The first-order valence-corrected chi connectivity index (χ1v) is 5.51. The first-order valence-electron chi connectivity index (χ1n) is 5.51. The normalized spacial score (nSPS) is 11.3. The molecule has 1 aromatic carbocycles. The SMILES string of the molecule is Cc1cc(=O)c(C(=Nc2ccccc2)NN)c[nH]1. The van der Waals surface area contributed by atoms with Gasteiger partial charge in [0.05, 0.1) is 11.3 Å². The van der Waals surface area contributed by atoms with Gasteiger partial charge in [0.25, 0.3) is 0 Å². The Labute approximate surface area is 104 Å². The lowest BCUT2D eigenvalue weighted by atomic mass is 10.2. The number of H-pyrrole nitrogens is 1. The van der Waals surface area contributed by atoms with Crippen LogP contribution in [0.2, 0.25) is 0 Å². The number of aryl methyl sites for hydroxylation is 1. The number of pyridine rings is 1. The van der Waals surface area contributed by atoms with Crippen LogP contribution < -0.4 is 16.7 Å². The number of amidine groups is 1. The van der Waals surface area contributed by atoms with Gasteiger partial charge in [0, 0.05) is 18.0 Å². The predicted molar refractivity (Wildman–Crippen MR) is 71.8 cm³/mol. The number of nitrogens with two attached hydrogens (primary N) is 1. The van der Waals surface area contributed by atoms with Gasteiger partial charge in [-0.25, -0.2) is 10.8 Å². The molecule has 1 heterocycles. The van der Waals surface area contributed by atoms with Crippen LogP contribution in [-0.4, -0.2) is 10.8 Å². The number of aromatic nitrogens is 1. The quantitative estimate of drug-likeness (QED) is 0.320. The molecule has 0 atom stereocenters. The zero-order valence-electron chi connectivity index (χ0n) is 9.97. The summed E-state index contributed by atoms with van der Waals surface area (Å²) in [5, 5.41) is 0. The van der Waals surface area contributed by atoms with Gasteiger partial charge in [-0.05, 0) is 19.1 Å². The van der Waals surface area contributed by atoms with Gasteiger partial charge in [0.1, 0.15) is 0 Å². The van der Waals surface area contributed by atoms with E-state index in [2.05, 4.69) is 15.4 Å². The van der Waals surface area contributed by atoms with Gasteiger partial charge in [-0.2, -0.15) is 0 Å². The smallest absolute Gasteiger partial charge is 0.192 e. The second-order valence-electron chi connectivity index (χ2n) is 3.83. The Kier molecular flexibility index (Phi) is 3.54. The minimum atomic E-state index is -0.126. The summed E-state index contributed by atoms with van der Waals surface area (Å²) >= 11 is 0. The lowest BCUT2D eigenvalue weighted by Crippen LogP contribution is -2.34. The molecule has 0 unspecified atom stereocenters. The molecule has 4 N–H and O–H groups in total. The van der Waals surface area contributed by atoms with Gasteiger partial charge in [-0.1, -0.05) is 18.2 Å². The van der Waals surface area contributed by atoms with E-state index in [9.17, 15) is 4.79 Å². The summed E-state index contributed by atoms with van der Waals surface area (Å²) in [6.45, 7) is 1.81. The highest BCUT2D eigenvalue weighted by Gasteiger charge is 2.06. The molecule has 0 amide bonds. The molecule has 92 valence electrons. The molecule has 0 aliphatic heterocycles. The van der Waals surface area contributed by atoms with Crippen molar-refractivity contribution < 1.29 is 0 Å². The average Bonchev–Trinajstić information content (AvgIpc) is 2.38. The van der Waals surface area contributed by atoms with Crippen molar-refractivity contribution in [2.75, 3.05) is 0 Å². The average molecular weight is 242 g/mol. The van der Waals surface area contributed by atoms with Crippen LogP contribution in [0.5, 0.6) is 0 Å². The summed E-state index contributed by atoms with van der Waals surface area (Å²) in [5.41, 5.74) is 4.26. The van der Waals surface area contributed by atoms with Gasteiger partial charge in [0.2, 0.25) is 0 Å². The number of rotatable bonds is 2. The number of para-hydroxylation sites is 1. The second kappa shape index (κ2) is 5.29. The zero-order chi connectivity index (χ0) is 13.0. The Morgan fingerprint density at radius 2 is 2.06 bits per heavy atom. The molecular weight excluding hydrogens is 228 g/mol. The summed E-state index contributed by atoms with van der Waals surface area (Å²) in [5.74, 6) is 5.76. The van der Waals surface area contributed by atoms with E-state index >= 15 is 0 Å². The van der Waals surface area contributed by atoms with E-state index in [0.29, 0.717) is 11.4 Å². The Morgan fingerprint density at radius 3 is 2.67 bits per heavy atom. The standard InChI is InChI=1S/C13H14N4O/c1-9-7-12(18)11(8-15-9)13(17-14)16-10-5-3-2-4-6-10/h2-8H,14H2,1H3,(H,15,18)(H,16,17). The molecule has 2 rings (SSSR count). The highest BCUT2D eigenvalue weighted by atomic mass is 16.1. The molecule has 0 fully saturated rings. The first kappa shape index (κ1) is 12.1. The summed E-state index contributed by atoms with van der Waals surface area (Å²) in [6.07, 6.45) is 1.60. The molecule has 0 spiro atoms. The minimum absolute atomic E-state index is 0.126. The second-order valence-corrected chi connectivity index (χ2v) is 3.83. The molecular formula is C13H14N4O. The Morgan fingerprint density at radius 1 is 1.33 bits per heavy atom. The number of hydrogen-bond acceptors (Lipinski definition) is 3. The van der Waals surface area contributed by atoms with E-state index in [4.69, 9.17) is 5.84 Å². The van der Waals surface area contributed by atoms with Crippen LogP contribution in [0, 0.1) is 6.92 Å². The minimum Gasteiger partial charge on any atom is -0.364 e. The molecule has 0 radical (unpaired) electrons. The number of hydrazine groups is 1. The van der Waals surface area contributed by atoms with Gasteiger partial charge < -0.3 is 10.4 Å². The zero-order valence-corrected chi connectivity index (χ0v) is 9.97. The highest BCUT2D eigenvalue weighted by molar-refractivity contribution is 5.99. The molecule has 0 aliphatic carbocycles. The van der Waals surface area contributed by atoms with E-state index in [1.165, 1.54) is 6.07 Å². The molecule has 1 aromatic heterocycles. The predicted octanol–water partition coefficient (Wildman–Crippen LogP) is 1.22. The van der Waals surface area contributed by atoms with Gasteiger partial charge in [-0.3, -0.25) is 4.79 Å². The Hall–Kier alpha value is -2.40. The third-order valence-corrected chi connectivity index (χ3v) is 2.45. The molecule has 5 nitrogen and oxygen atoms in total. The lowest BCUT2D eigenvalue weighted by molar-refractivity contribution is 1.02. The van der Waals surface area contributed by atoms with Crippen LogP contribution in [0.15, 0.2) is 52.4 Å². The van der Waals surface area contributed by atoms with Crippen molar-refractivity contribution in [3.05, 3.63) is 64.1 Å². The summed E-state index contributed by atoms with van der Waals surface area (Å²) in [6, 6.07) is 10.8. The number of nitrogens with one attached hydrogen (secondary N) is 2. The first-order chi connectivity index (χ1) is 8.70. The van der Waals surface area contributed by atoms with Gasteiger partial charge in [0.15, 0.2) is 11.3 Å². The van der Waals surface area contributed by atoms with Gasteiger partial charge >= 0.3 is 0 Å². The van der Waals surface area contributed by atoms with E-state index in [-0.39, 0.29) is 5.43 Å². The molecule has 0 saturated carbocycles. The maximum atomic E-state index is 11.8. The maximum Gasteiger partial charge on any atom is 0.192 e. The van der Waals surface area contributed by atoms with Crippen molar-refractivity contribution in [1.29, 1.82) is 0 Å². The maximum absolute atomic E-state index is 11.8. The van der Waals surface area contributed by atoms with E-state index in [1.54, 1.807) is 6.20 Å². The largest absolute Gasteiger partial charge is 0.364 e. The van der Waals surface area contributed by atoms with Crippen molar-refractivity contribution in [2.24, 2.45) is 10.8 Å². The van der Waals surface area contributed by atoms with Crippen molar-refractivity contribution in [1.82, 2.24) is 10.4 Å². The summed E-state index contributed by atoms with van der Waals surface area (Å²) in [4.78, 5) is 19.1. The van der Waals surface area contributed by atoms with E-state index < -0.39 is 0 Å². The van der Waals surface area contributed by atoms with Crippen molar-refractivity contribution in [3.63, 3.8) is 0 Å². The van der Waals surface area contributed by atoms with Crippen LogP contribution in [0.4, 0.5) is 5.69 Å². The van der Waals surface area contributed by atoms with Crippen LogP contribution in [-0.2, 0) is 0 Å². The third-order valence-electron chi connectivity index (χ3n) is 2.45. The fourth-order valence-electron chi connectivity index (χ4n) is 1.56. The highest BCUT2D eigenvalue weighted by Crippen LogP contribution is 2.10. The van der Waals surface area contributed by atoms with E-state index in [0.717, 1.165) is 11.4 Å². The topological polar surface area (TPSA) is 83.3 Å².